The number of aromatic nitrogens is 2. The number of likely N-dealkylation sites (N-methyl/N-ethyl adjacent to an activating group) is 1. The average molecular weight is 418 g/mol. The number of anilines is 2. The van der Waals surface area contributed by atoms with E-state index in [1.165, 1.54) is 0 Å². The Balaban J connectivity index is 1.64. The lowest BCUT2D eigenvalue weighted by Crippen LogP contribution is -2.47. The van der Waals surface area contributed by atoms with Crippen LogP contribution in [0.4, 0.5) is 11.5 Å². The quantitative estimate of drug-likeness (QED) is 0.662. The summed E-state index contributed by atoms with van der Waals surface area (Å²) < 4.78 is 5.19. The molecule has 0 atom stereocenters. The third kappa shape index (κ3) is 4.83. The number of hydrogen-bond donors (Lipinski definition) is 1. The summed E-state index contributed by atoms with van der Waals surface area (Å²) in [5.41, 5.74) is 2.10. The van der Waals surface area contributed by atoms with Crippen LogP contribution in [0.15, 0.2) is 60.8 Å². The van der Waals surface area contributed by atoms with Gasteiger partial charge < -0.3 is 19.9 Å². The monoisotopic (exact) mass is 417 g/mol. The van der Waals surface area contributed by atoms with Crippen molar-refractivity contribution in [3.8, 4) is 17.1 Å². The molecule has 1 amide bonds. The number of piperazine rings is 1. The fourth-order valence-corrected chi connectivity index (χ4v) is 3.65. The van der Waals surface area contributed by atoms with Crippen LogP contribution in [0, 0.1) is 0 Å². The van der Waals surface area contributed by atoms with Gasteiger partial charge in [-0.15, -0.1) is 0 Å². The van der Waals surface area contributed by atoms with Gasteiger partial charge in [-0.1, -0.05) is 37.3 Å². The Labute approximate surface area is 182 Å². The number of nitrogens with one attached hydrogen (secondary N) is 1. The lowest BCUT2D eigenvalue weighted by molar-refractivity contribution is 0.102. The highest BCUT2D eigenvalue weighted by molar-refractivity contribution is 6.07. The fourth-order valence-electron chi connectivity index (χ4n) is 3.65. The van der Waals surface area contributed by atoms with Crippen LogP contribution in [0.1, 0.15) is 17.3 Å². The number of hydrogen-bond acceptors (Lipinski definition) is 6. The zero-order chi connectivity index (χ0) is 21.6. The highest BCUT2D eigenvalue weighted by Crippen LogP contribution is 2.25. The SMILES string of the molecule is CCN1CCN(c2nc(-c3ccccc3)ncc2C(=O)Nc2ccc(OC)cc2)CC1. The molecule has 0 spiro atoms. The summed E-state index contributed by atoms with van der Waals surface area (Å²) in [4.78, 5) is 27.0. The van der Waals surface area contributed by atoms with Gasteiger partial charge in [0, 0.05) is 43.6 Å². The van der Waals surface area contributed by atoms with Gasteiger partial charge in [-0.05, 0) is 30.8 Å². The first-order valence-corrected chi connectivity index (χ1v) is 10.5. The number of carbonyl (C=O) groups excluding carboxylic acids is 1. The number of ether oxygens (including phenoxy) is 1. The van der Waals surface area contributed by atoms with Gasteiger partial charge in [0.25, 0.3) is 5.91 Å². The van der Waals surface area contributed by atoms with Crippen LogP contribution >= 0.6 is 0 Å². The second kappa shape index (κ2) is 9.57. The standard InChI is InChI=1S/C24H27N5O2/c1-3-28-13-15-29(16-14-28)23-21(17-25-22(27-23)18-7-5-4-6-8-18)24(30)26-19-9-11-20(31-2)12-10-19/h4-12,17H,3,13-16H2,1-2H3,(H,26,30). The summed E-state index contributed by atoms with van der Waals surface area (Å²) in [5, 5.41) is 2.96. The molecular formula is C24H27N5O2. The van der Waals surface area contributed by atoms with Crippen molar-refractivity contribution in [2.75, 3.05) is 50.1 Å². The van der Waals surface area contributed by atoms with Gasteiger partial charge in [0.2, 0.25) is 0 Å². The zero-order valence-corrected chi connectivity index (χ0v) is 17.9. The molecule has 1 fully saturated rings. The fraction of sp³-hybridized carbons (Fsp3) is 0.292. The van der Waals surface area contributed by atoms with Crippen molar-refractivity contribution in [1.29, 1.82) is 0 Å². The van der Waals surface area contributed by atoms with E-state index in [0.29, 0.717) is 22.9 Å². The molecule has 2 heterocycles. The van der Waals surface area contributed by atoms with E-state index in [1.54, 1.807) is 13.3 Å². The summed E-state index contributed by atoms with van der Waals surface area (Å²) in [6.07, 6.45) is 1.63. The van der Waals surface area contributed by atoms with Gasteiger partial charge in [0.15, 0.2) is 5.82 Å². The molecule has 1 aromatic heterocycles. The molecule has 1 aliphatic rings. The van der Waals surface area contributed by atoms with E-state index in [-0.39, 0.29) is 5.91 Å². The van der Waals surface area contributed by atoms with Crippen molar-refractivity contribution >= 4 is 17.4 Å². The van der Waals surface area contributed by atoms with Gasteiger partial charge in [-0.25, -0.2) is 9.97 Å². The van der Waals surface area contributed by atoms with Crippen LogP contribution in [0.25, 0.3) is 11.4 Å². The second-order valence-electron chi connectivity index (χ2n) is 7.40. The lowest BCUT2D eigenvalue weighted by Gasteiger charge is -2.35. The van der Waals surface area contributed by atoms with Crippen molar-refractivity contribution in [2.24, 2.45) is 0 Å². The van der Waals surface area contributed by atoms with Crippen molar-refractivity contribution < 1.29 is 9.53 Å². The molecular weight excluding hydrogens is 390 g/mol. The Morgan fingerprint density at radius 3 is 2.39 bits per heavy atom. The molecule has 3 aromatic rings. The molecule has 4 rings (SSSR count). The van der Waals surface area contributed by atoms with Gasteiger partial charge in [0.05, 0.1) is 7.11 Å². The highest BCUT2D eigenvalue weighted by Gasteiger charge is 2.24. The Morgan fingerprint density at radius 2 is 1.74 bits per heavy atom. The summed E-state index contributed by atoms with van der Waals surface area (Å²) in [5.74, 6) is 1.81. The first-order valence-electron chi connectivity index (χ1n) is 10.5. The normalized spacial score (nSPS) is 14.3. The number of carbonyl (C=O) groups is 1. The van der Waals surface area contributed by atoms with Crippen molar-refractivity contribution in [1.82, 2.24) is 14.9 Å². The van der Waals surface area contributed by atoms with E-state index >= 15 is 0 Å². The molecule has 7 heteroatoms. The maximum absolute atomic E-state index is 13.1. The molecule has 160 valence electrons. The van der Waals surface area contributed by atoms with Gasteiger partial charge in [0.1, 0.15) is 17.1 Å². The predicted octanol–water partition coefficient (Wildman–Crippen LogP) is 3.55. The molecule has 1 N–H and O–H groups in total. The summed E-state index contributed by atoms with van der Waals surface area (Å²) >= 11 is 0. The Bertz CT molecular complexity index is 1020. The van der Waals surface area contributed by atoms with Gasteiger partial charge in [-0.3, -0.25) is 4.79 Å². The number of amides is 1. The van der Waals surface area contributed by atoms with E-state index in [2.05, 4.69) is 27.0 Å². The van der Waals surface area contributed by atoms with Crippen molar-refractivity contribution in [2.45, 2.75) is 6.92 Å². The zero-order valence-electron chi connectivity index (χ0n) is 17.9. The number of benzene rings is 2. The molecule has 7 nitrogen and oxygen atoms in total. The molecule has 31 heavy (non-hydrogen) atoms. The van der Waals surface area contributed by atoms with E-state index in [1.807, 2.05) is 54.6 Å². The van der Waals surface area contributed by atoms with Crippen LogP contribution in [-0.2, 0) is 0 Å². The maximum atomic E-state index is 13.1. The molecule has 0 unspecified atom stereocenters. The second-order valence-corrected chi connectivity index (χ2v) is 7.40. The van der Waals surface area contributed by atoms with Crippen LogP contribution in [-0.4, -0.2) is 60.6 Å². The highest BCUT2D eigenvalue weighted by atomic mass is 16.5. The van der Waals surface area contributed by atoms with E-state index in [9.17, 15) is 4.79 Å². The van der Waals surface area contributed by atoms with Crippen molar-refractivity contribution in [3.05, 3.63) is 66.4 Å². The number of nitrogens with zero attached hydrogens (tertiary/aromatic N) is 4. The van der Waals surface area contributed by atoms with Crippen LogP contribution in [0.3, 0.4) is 0 Å². The van der Waals surface area contributed by atoms with Crippen molar-refractivity contribution in [3.63, 3.8) is 0 Å². The van der Waals surface area contributed by atoms with Crippen LogP contribution < -0.4 is 15.0 Å². The molecule has 0 aliphatic carbocycles. The Morgan fingerprint density at radius 1 is 1.03 bits per heavy atom. The molecule has 2 aromatic carbocycles. The van der Waals surface area contributed by atoms with Gasteiger partial charge >= 0.3 is 0 Å². The first kappa shape index (κ1) is 20.8. The summed E-state index contributed by atoms with van der Waals surface area (Å²) in [6, 6.07) is 17.1. The maximum Gasteiger partial charge on any atom is 0.261 e. The number of rotatable bonds is 6. The minimum atomic E-state index is -0.224. The minimum Gasteiger partial charge on any atom is -0.497 e. The Hall–Kier alpha value is -3.45. The molecule has 1 saturated heterocycles. The van der Waals surface area contributed by atoms with Crippen LogP contribution in [0.5, 0.6) is 5.75 Å². The smallest absolute Gasteiger partial charge is 0.261 e. The first-order chi connectivity index (χ1) is 15.2. The molecule has 0 radical (unpaired) electrons. The minimum absolute atomic E-state index is 0.224. The van der Waals surface area contributed by atoms with E-state index < -0.39 is 0 Å². The van der Waals surface area contributed by atoms with E-state index in [4.69, 9.17) is 9.72 Å². The molecule has 0 saturated carbocycles. The topological polar surface area (TPSA) is 70.6 Å². The van der Waals surface area contributed by atoms with Crippen LogP contribution in [0.2, 0.25) is 0 Å². The number of methoxy groups -OCH3 is 1. The third-order valence-electron chi connectivity index (χ3n) is 5.51. The largest absolute Gasteiger partial charge is 0.497 e. The lowest BCUT2D eigenvalue weighted by atomic mass is 10.2. The summed E-state index contributed by atoms with van der Waals surface area (Å²) in [7, 11) is 1.61. The summed E-state index contributed by atoms with van der Waals surface area (Å²) in [6.45, 7) is 6.73. The average Bonchev–Trinajstić information content (AvgIpc) is 2.84. The van der Waals surface area contributed by atoms with Gasteiger partial charge in [-0.2, -0.15) is 0 Å². The molecule has 1 aliphatic heterocycles. The predicted molar refractivity (Wildman–Crippen MR) is 123 cm³/mol. The van der Waals surface area contributed by atoms with E-state index in [0.717, 1.165) is 44.0 Å². The molecule has 0 bridgehead atoms. The third-order valence-corrected chi connectivity index (χ3v) is 5.51. The Kier molecular flexibility index (Phi) is 6.43.